The molecule has 4 radical (unpaired) electrons. The lowest BCUT2D eigenvalue weighted by molar-refractivity contribution is -0.187. The second kappa shape index (κ2) is 13.6. The fraction of sp³-hybridized carbons (Fsp3) is 0.733. The van der Waals surface area contributed by atoms with Gasteiger partial charge in [0.2, 0.25) is 12.6 Å². The topological polar surface area (TPSA) is 105 Å². The minimum Gasteiger partial charge on any atom is -0.425 e. The zero-order valence-corrected chi connectivity index (χ0v) is 17.0. The first-order valence-corrected chi connectivity index (χ1v) is 10.6. The normalized spacial score (nSPS) is 10.5. The maximum atomic E-state index is 10.9. The fourth-order valence-electron chi connectivity index (χ4n) is 1.73. The van der Waals surface area contributed by atoms with Gasteiger partial charge >= 0.3 is 23.9 Å². The first-order valence-electron chi connectivity index (χ1n) is 7.81. The molecule has 0 fully saturated rings. The summed E-state index contributed by atoms with van der Waals surface area (Å²) in [5, 5.41) is 0. The second-order valence-electron chi connectivity index (χ2n) is 5.05. The zero-order valence-electron chi connectivity index (χ0n) is 15.0. The predicted molar refractivity (Wildman–Crippen MR) is 89.8 cm³/mol. The van der Waals surface area contributed by atoms with Crippen molar-refractivity contribution in [3.05, 3.63) is 0 Å². The number of hydrogen-bond donors (Lipinski definition) is 0. The first kappa shape index (κ1) is 23.3. The Labute approximate surface area is 152 Å². The van der Waals surface area contributed by atoms with E-state index in [1.165, 1.54) is 27.7 Å². The van der Waals surface area contributed by atoms with Crippen molar-refractivity contribution in [3.8, 4) is 0 Å². The van der Waals surface area contributed by atoms with Crippen molar-refractivity contribution in [1.29, 1.82) is 0 Å². The molecule has 0 amide bonds. The largest absolute Gasteiger partial charge is 0.425 e. The SMILES string of the molecule is CC(=O)OC(CC[Si]C[Si]CCC(OC(C)=O)OC(C)=O)OC(C)=O. The van der Waals surface area contributed by atoms with E-state index < -0.39 is 36.5 Å². The van der Waals surface area contributed by atoms with Crippen molar-refractivity contribution < 1.29 is 38.1 Å². The highest BCUT2D eigenvalue weighted by atomic mass is 28.3. The molecule has 0 aromatic rings. The lowest BCUT2D eigenvalue weighted by Gasteiger charge is -2.16. The zero-order chi connectivity index (χ0) is 19.2. The van der Waals surface area contributed by atoms with Crippen molar-refractivity contribution in [2.75, 3.05) is 0 Å². The minimum atomic E-state index is -0.830. The highest BCUT2D eigenvalue weighted by Crippen LogP contribution is 2.09. The molecule has 0 heterocycles. The Morgan fingerprint density at radius 1 is 0.640 bits per heavy atom. The van der Waals surface area contributed by atoms with Crippen LogP contribution in [0, 0.1) is 0 Å². The molecule has 0 rings (SSSR count). The lowest BCUT2D eigenvalue weighted by Crippen LogP contribution is -2.23. The lowest BCUT2D eigenvalue weighted by atomic mass is 10.4. The summed E-state index contributed by atoms with van der Waals surface area (Å²) in [5.41, 5.74) is 0.958. The van der Waals surface area contributed by atoms with Crippen LogP contribution in [0.15, 0.2) is 0 Å². The summed E-state index contributed by atoms with van der Waals surface area (Å²) in [6.45, 7) is 5.07. The number of esters is 4. The Balaban J connectivity index is 3.91. The summed E-state index contributed by atoms with van der Waals surface area (Å²) in [7, 11) is 1.26. The van der Waals surface area contributed by atoms with Gasteiger partial charge < -0.3 is 18.9 Å². The maximum Gasteiger partial charge on any atom is 0.305 e. The average molecular weight is 389 g/mol. The number of ether oxygens (including phenoxy) is 4. The van der Waals surface area contributed by atoms with Gasteiger partial charge in [0, 0.05) is 59.6 Å². The van der Waals surface area contributed by atoms with Crippen LogP contribution < -0.4 is 0 Å². The molecule has 0 aliphatic rings. The summed E-state index contributed by atoms with van der Waals surface area (Å²) in [6.07, 6.45) is -0.733. The molecule has 0 atom stereocenters. The van der Waals surface area contributed by atoms with E-state index in [4.69, 9.17) is 18.9 Å². The standard InChI is InChI=1S/C15H24O8Si2/c1-10(16)20-14(21-11(2)17)5-7-24-9-25-8-6-15(22-12(3)18)23-13(4)19/h14-15H,5-9H2,1-4H3. The molecule has 0 aromatic carbocycles. The van der Waals surface area contributed by atoms with E-state index in [1.54, 1.807) is 0 Å². The third-order valence-electron chi connectivity index (χ3n) is 2.55. The molecule has 0 aromatic heterocycles. The van der Waals surface area contributed by atoms with Crippen LogP contribution in [0.2, 0.25) is 17.8 Å². The van der Waals surface area contributed by atoms with E-state index in [0.29, 0.717) is 31.9 Å². The Hall–Kier alpha value is -1.69. The van der Waals surface area contributed by atoms with Crippen molar-refractivity contribution in [2.24, 2.45) is 0 Å². The fourth-order valence-corrected chi connectivity index (χ4v) is 4.73. The molecule has 0 saturated heterocycles. The number of carbonyl (C=O) groups is 4. The number of carbonyl (C=O) groups excluding carboxylic acids is 4. The number of hydrogen-bond acceptors (Lipinski definition) is 8. The van der Waals surface area contributed by atoms with Crippen LogP contribution in [0.25, 0.3) is 0 Å². The van der Waals surface area contributed by atoms with Crippen molar-refractivity contribution >= 4 is 42.9 Å². The molecule has 140 valence electrons. The molecular weight excluding hydrogens is 364 g/mol. The van der Waals surface area contributed by atoms with E-state index in [1.807, 2.05) is 0 Å². The average Bonchev–Trinajstić information content (AvgIpc) is 2.43. The van der Waals surface area contributed by atoms with Gasteiger partial charge in [-0.1, -0.05) is 17.8 Å². The second-order valence-corrected chi connectivity index (χ2v) is 8.47. The highest BCUT2D eigenvalue weighted by Gasteiger charge is 2.16. The molecule has 0 saturated carbocycles. The summed E-state index contributed by atoms with van der Waals surface area (Å²) < 4.78 is 19.7. The van der Waals surface area contributed by atoms with Gasteiger partial charge in [-0.15, -0.1) is 0 Å². The van der Waals surface area contributed by atoms with Gasteiger partial charge in [0.1, 0.15) is 0 Å². The Morgan fingerprint density at radius 2 is 0.920 bits per heavy atom. The van der Waals surface area contributed by atoms with Gasteiger partial charge in [-0.2, -0.15) is 0 Å². The Kier molecular flexibility index (Phi) is 12.7. The molecule has 0 aliphatic carbocycles. The van der Waals surface area contributed by atoms with E-state index in [-0.39, 0.29) is 0 Å². The molecular formula is C15H24O8Si2. The number of rotatable bonds is 12. The minimum absolute atomic E-state index is 0.464. The van der Waals surface area contributed by atoms with Crippen LogP contribution in [0.4, 0.5) is 0 Å². The smallest absolute Gasteiger partial charge is 0.305 e. The van der Waals surface area contributed by atoms with Crippen molar-refractivity contribution in [1.82, 2.24) is 0 Å². The van der Waals surface area contributed by atoms with E-state index in [0.717, 1.165) is 17.8 Å². The van der Waals surface area contributed by atoms with Crippen LogP contribution in [-0.2, 0) is 38.1 Å². The first-order chi connectivity index (χ1) is 11.7. The Morgan fingerprint density at radius 3 is 1.16 bits per heavy atom. The van der Waals surface area contributed by atoms with Gasteiger partial charge in [-0.25, -0.2) is 0 Å². The van der Waals surface area contributed by atoms with Crippen LogP contribution in [-0.4, -0.2) is 55.5 Å². The van der Waals surface area contributed by atoms with E-state index >= 15 is 0 Å². The molecule has 0 aliphatic heterocycles. The maximum absolute atomic E-state index is 10.9. The summed E-state index contributed by atoms with van der Waals surface area (Å²) >= 11 is 0. The van der Waals surface area contributed by atoms with Gasteiger partial charge in [-0.05, 0) is 0 Å². The predicted octanol–water partition coefficient (Wildman–Crippen LogP) is 1.29. The molecule has 10 heteroatoms. The van der Waals surface area contributed by atoms with E-state index in [9.17, 15) is 19.2 Å². The van der Waals surface area contributed by atoms with Crippen molar-refractivity contribution in [2.45, 2.75) is 70.9 Å². The summed E-state index contributed by atoms with van der Waals surface area (Å²) in [6, 6.07) is 1.55. The Bertz CT molecular complexity index is 383. The van der Waals surface area contributed by atoms with Gasteiger partial charge in [0.15, 0.2) is 0 Å². The quantitative estimate of drug-likeness (QED) is 0.213. The third kappa shape index (κ3) is 15.6. The van der Waals surface area contributed by atoms with Gasteiger partial charge in [-0.3, -0.25) is 19.2 Å². The van der Waals surface area contributed by atoms with E-state index in [2.05, 4.69) is 0 Å². The molecule has 0 N–H and O–H groups in total. The highest BCUT2D eigenvalue weighted by molar-refractivity contribution is 6.55. The molecule has 0 spiro atoms. The third-order valence-corrected chi connectivity index (χ3v) is 5.84. The van der Waals surface area contributed by atoms with Crippen LogP contribution in [0.3, 0.4) is 0 Å². The van der Waals surface area contributed by atoms with Gasteiger partial charge in [0.05, 0.1) is 0 Å². The monoisotopic (exact) mass is 388 g/mol. The molecule has 0 unspecified atom stereocenters. The van der Waals surface area contributed by atoms with Crippen LogP contribution in [0.5, 0.6) is 0 Å². The molecule has 0 bridgehead atoms. The van der Waals surface area contributed by atoms with Crippen LogP contribution in [0.1, 0.15) is 40.5 Å². The summed E-state index contributed by atoms with van der Waals surface area (Å²) in [5.74, 6) is -1.95. The van der Waals surface area contributed by atoms with Crippen molar-refractivity contribution in [3.63, 3.8) is 0 Å². The molecule has 8 nitrogen and oxygen atoms in total. The molecule has 25 heavy (non-hydrogen) atoms. The van der Waals surface area contributed by atoms with Gasteiger partial charge in [0.25, 0.3) is 0 Å². The summed E-state index contributed by atoms with van der Waals surface area (Å²) in [4.78, 5) is 43.8. The van der Waals surface area contributed by atoms with Crippen LogP contribution >= 0.6 is 0 Å².